The summed E-state index contributed by atoms with van der Waals surface area (Å²) in [6.45, 7) is 8.74. The van der Waals surface area contributed by atoms with Gasteiger partial charge in [0.15, 0.2) is 6.29 Å². The van der Waals surface area contributed by atoms with E-state index in [0.717, 1.165) is 12.2 Å². The topological polar surface area (TPSA) is 29.5 Å². The van der Waals surface area contributed by atoms with Crippen LogP contribution < -0.4 is 4.74 Å². The summed E-state index contributed by atoms with van der Waals surface area (Å²) in [5.74, 6) is 1.36. The molecule has 0 bridgehead atoms. The van der Waals surface area contributed by atoms with Crippen molar-refractivity contribution >= 4 is 0 Å². The number of rotatable bonds is 6. The van der Waals surface area contributed by atoms with E-state index in [2.05, 4.69) is 27.7 Å². The highest BCUT2D eigenvalue weighted by atomic mass is 16.6. The van der Waals surface area contributed by atoms with E-state index in [4.69, 9.17) is 4.74 Å². The van der Waals surface area contributed by atoms with Gasteiger partial charge in [-0.3, -0.25) is 0 Å². The van der Waals surface area contributed by atoms with Gasteiger partial charge in [-0.15, -0.1) is 0 Å². The predicted molar refractivity (Wildman–Crippen MR) is 70.9 cm³/mol. The van der Waals surface area contributed by atoms with Gasteiger partial charge in [0.1, 0.15) is 5.75 Å². The van der Waals surface area contributed by atoms with Gasteiger partial charge in [-0.05, 0) is 29.9 Å². The maximum atomic E-state index is 9.93. The van der Waals surface area contributed by atoms with Crippen LogP contribution in [0, 0.1) is 11.3 Å². The van der Waals surface area contributed by atoms with E-state index in [1.54, 1.807) is 0 Å². The molecule has 0 amide bonds. The number of benzene rings is 1. The second kappa shape index (κ2) is 6.06. The molecule has 1 unspecified atom stereocenters. The minimum Gasteiger partial charge on any atom is -0.465 e. The number of aliphatic hydroxyl groups is 1. The number of hydrogen-bond acceptors (Lipinski definition) is 2. The van der Waals surface area contributed by atoms with Gasteiger partial charge in [0, 0.05) is 6.42 Å². The third-order valence-electron chi connectivity index (χ3n) is 2.70. The van der Waals surface area contributed by atoms with E-state index >= 15 is 0 Å². The molecule has 0 aliphatic heterocycles. The van der Waals surface area contributed by atoms with Crippen molar-refractivity contribution in [1.29, 1.82) is 0 Å². The zero-order chi connectivity index (χ0) is 12.9. The Hall–Kier alpha value is -1.02. The van der Waals surface area contributed by atoms with Crippen molar-refractivity contribution in [2.45, 2.75) is 46.8 Å². The minimum absolute atomic E-state index is 0.0996. The molecule has 1 aromatic rings. The molecule has 96 valence electrons. The fourth-order valence-electron chi connectivity index (χ4n) is 2.36. The Morgan fingerprint density at radius 3 is 2.24 bits per heavy atom. The third-order valence-corrected chi connectivity index (χ3v) is 2.70. The molecule has 17 heavy (non-hydrogen) atoms. The first kappa shape index (κ1) is 14.0. The summed E-state index contributed by atoms with van der Waals surface area (Å²) in [7, 11) is 0. The van der Waals surface area contributed by atoms with Crippen molar-refractivity contribution in [1.82, 2.24) is 0 Å². The van der Waals surface area contributed by atoms with E-state index in [0.29, 0.717) is 12.3 Å². The van der Waals surface area contributed by atoms with Gasteiger partial charge in [-0.2, -0.15) is 0 Å². The molecule has 0 spiro atoms. The van der Waals surface area contributed by atoms with Gasteiger partial charge in [0.25, 0.3) is 0 Å². The molecule has 1 N–H and O–H groups in total. The molecule has 2 heteroatoms. The van der Waals surface area contributed by atoms with Crippen molar-refractivity contribution in [3.63, 3.8) is 0 Å². The smallest absolute Gasteiger partial charge is 0.197 e. The van der Waals surface area contributed by atoms with E-state index < -0.39 is 6.29 Å². The lowest BCUT2D eigenvalue weighted by molar-refractivity contribution is -0.0498. The third kappa shape index (κ3) is 5.73. The summed E-state index contributed by atoms with van der Waals surface area (Å²) in [6, 6.07) is 9.46. The van der Waals surface area contributed by atoms with Gasteiger partial charge in [0.2, 0.25) is 0 Å². The second-order valence-electron chi connectivity index (χ2n) is 5.85. The van der Waals surface area contributed by atoms with E-state index in [9.17, 15) is 5.11 Å². The van der Waals surface area contributed by atoms with E-state index in [1.165, 1.54) is 0 Å². The molecule has 0 aliphatic rings. The standard InChI is InChI=1S/C15H24O2/c1-12(2)10-15(3,4)11-14(16)17-13-8-6-5-7-9-13/h5-9,12,14,16H,10-11H2,1-4H3. The lowest BCUT2D eigenvalue weighted by Gasteiger charge is -2.29. The quantitative estimate of drug-likeness (QED) is 0.760. The van der Waals surface area contributed by atoms with Crippen LogP contribution in [0.1, 0.15) is 40.5 Å². The van der Waals surface area contributed by atoms with Crippen LogP contribution in [-0.4, -0.2) is 11.4 Å². The molecule has 0 heterocycles. The molecule has 0 saturated carbocycles. The largest absolute Gasteiger partial charge is 0.465 e. The number of hydrogen-bond donors (Lipinski definition) is 1. The highest BCUT2D eigenvalue weighted by Crippen LogP contribution is 2.31. The van der Waals surface area contributed by atoms with Gasteiger partial charge in [0.05, 0.1) is 0 Å². The Morgan fingerprint density at radius 2 is 1.71 bits per heavy atom. The first-order chi connectivity index (χ1) is 7.89. The fraction of sp³-hybridized carbons (Fsp3) is 0.600. The molecular formula is C15H24O2. The maximum Gasteiger partial charge on any atom is 0.197 e. The Balaban J connectivity index is 2.46. The van der Waals surface area contributed by atoms with Crippen molar-refractivity contribution in [3.8, 4) is 5.75 Å². The molecule has 0 aromatic heterocycles. The van der Waals surface area contributed by atoms with Gasteiger partial charge in [-0.25, -0.2) is 0 Å². The Labute approximate surface area is 105 Å². The van der Waals surface area contributed by atoms with Crippen LogP contribution in [-0.2, 0) is 0 Å². The summed E-state index contributed by atoms with van der Waals surface area (Å²) in [6.07, 6.45) is 1.01. The molecular weight excluding hydrogens is 212 g/mol. The van der Waals surface area contributed by atoms with E-state index in [-0.39, 0.29) is 5.41 Å². The molecule has 1 rings (SSSR count). The molecule has 0 saturated heterocycles. The number of ether oxygens (including phenoxy) is 1. The van der Waals surface area contributed by atoms with Crippen LogP contribution in [0.25, 0.3) is 0 Å². The molecule has 2 nitrogen and oxygen atoms in total. The first-order valence-electron chi connectivity index (χ1n) is 6.29. The van der Waals surface area contributed by atoms with Crippen LogP contribution in [0.4, 0.5) is 0 Å². The van der Waals surface area contributed by atoms with Crippen molar-refractivity contribution < 1.29 is 9.84 Å². The Bertz CT molecular complexity index is 317. The predicted octanol–water partition coefficient (Wildman–Crippen LogP) is 3.85. The van der Waals surface area contributed by atoms with Crippen LogP contribution in [0.2, 0.25) is 0 Å². The zero-order valence-corrected chi connectivity index (χ0v) is 11.3. The van der Waals surface area contributed by atoms with Crippen LogP contribution in [0.5, 0.6) is 5.75 Å². The summed E-state index contributed by atoms with van der Waals surface area (Å²) in [5.41, 5.74) is 0.0996. The number of para-hydroxylation sites is 1. The summed E-state index contributed by atoms with van der Waals surface area (Å²) in [4.78, 5) is 0. The highest BCUT2D eigenvalue weighted by molar-refractivity contribution is 5.20. The van der Waals surface area contributed by atoms with Crippen LogP contribution in [0.3, 0.4) is 0 Å². The number of aliphatic hydroxyl groups excluding tert-OH is 1. The molecule has 1 aromatic carbocycles. The van der Waals surface area contributed by atoms with Crippen LogP contribution in [0.15, 0.2) is 30.3 Å². The minimum atomic E-state index is -0.730. The average molecular weight is 236 g/mol. The average Bonchev–Trinajstić information content (AvgIpc) is 2.15. The normalized spacial score (nSPS) is 13.8. The highest BCUT2D eigenvalue weighted by Gasteiger charge is 2.24. The van der Waals surface area contributed by atoms with E-state index in [1.807, 2.05) is 30.3 Å². The Morgan fingerprint density at radius 1 is 1.12 bits per heavy atom. The van der Waals surface area contributed by atoms with Crippen LogP contribution >= 0.6 is 0 Å². The van der Waals surface area contributed by atoms with Crippen molar-refractivity contribution in [3.05, 3.63) is 30.3 Å². The SMILES string of the molecule is CC(C)CC(C)(C)CC(O)Oc1ccccc1. The summed E-state index contributed by atoms with van der Waals surface area (Å²) >= 11 is 0. The monoisotopic (exact) mass is 236 g/mol. The summed E-state index contributed by atoms with van der Waals surface area (Å²) < 4.78 is 5.49. The molecule has 0 fully saturated rings. The van der Waals surface area contributed by atoms with Crippen molar-refractivity contribution in [2.75, 3.05) is 0 Å². The summed E-state index contributed by atoms with van der Waals surface area (Å²) in [5, 5.41) is 9.93. The maximum absolute atomic E-state index is 9.93. The lowest BCUT2D eigenvalue weighted by Crippen LogP contribution is -2.26. The molecule has 0 aliphatic carbocycles. The fourth-order valence-corrected chi connectivity index (χ4v) is 2.36. The van der Waals surface area contributed by atoms with Gasteiger partial charge >= 0.3 is 0 Å². The second-order valence-corrected chi connectivity index (χ2v) is 5.85. The molecule has 0 radical (unpaired) electrons. The Kier molecular flexibility index (Phi) is 5.01. The van der Waals surface area contributed by atoms with Gasteiger partial charge in [-0.1, -0.05) is 45.9 Å². The van der Waals surface area contributed by atoms with Crippen molar-refractivity contribution in [2.24, 2.45) is 11.3 Å². The zero-order valence-electron chi connectivity index (χ0n) is 11.3. The first-order valence-corrected chi connectivity index (χ1v) is 6.29. The molecule has 1 atom stereocenters. The van der Waals surface area contributed by atoms with Gasteiger partial charge < -0.3 is 9.84 Å². The lowest BCUT2D eigenvalue weighted by atomic mass is 9.81.